The standard InChI is InChI=1S/C13H13N3O2S/c1-8-12(19-7-14-8)9(2)15-16-11-6-4-3-5-10(11)13(17)18/h3-7,16H,1-2H3,(H,17,18)/b15-9-. The number of hydrogen-bond donors (Lipinski definition) is 2. The van der Waals surface area contributed by atoms with Crippen LogP contribution in [-0.4, -0.2) is 21.8 Å². The molecule has 0 saturated carbocycles. The summed E-state index contributed by atoms with van der Waals surface area (Å²) < 4.78 is 0. The van der Waals surface area contributed by atoms with Gasteiger partial charge < -0.3 is 5.11 Å². The number of nitrogens with one attached hydrogen (secondary N) is 1. The number of anilines is 1. The number of rotatable bonds is 4. The van der Waals surface area contributed by atoms with Gasteiger partial charge in [0, 0.05) is 0 Å². The minimum atomic E-state index is -0.982. The Bertz CT molecular complexity index is 634. The van der Waals surface area contributed by atoms with Crippen LogP contribution in [0.25, 0.3) is 0 Å². The van der Waals surface area contributed by atoms with Gasteiger partial charge in [-0.05, 0) is 26.0 Å². The molecule has 98 valence electrons. The van der Waals surface area contributed by atoms with Crippen molar-refractivity contribution in [3.63, 3.8) is 0 Å². The number of carbonyl (C=O) groups is 1. The highest BCUT2D eigenvalue weighted by Crippen LogP contribution is 2.17. The van der Waals surface area contributed by atoms with Crippen LogP contribution in [0.4, 0.5) is 5.69 Å². The maximum atomic E-state index is 11.1. The molecular formula is C13H13N3O2S. The molecule has 6 heteroatoms. The number of carboxylic acids is 1. The predicted octanol–water partition coefficient (Wildman–Crippen LogP) is 2.99. The van der Waals surface area contributed by atoms with Crippen LogP contribution in [0.1, 0.15) is 27.9 Å². The van der Waals surface area contributed by atoms with Gasteiger partial charge >= 0.3 is 5.97 Å². The number of hydrazone groups is 1. The average Bonchev–Trinajstić information content (AvgIpc) is 2.82. The van der Waals surface area contributed by atoms with E-state index in [0.717, 1.165) is 16.3 Å². The first-order valence-electron chi connectivity index (χ1n) is 5.62. The molecule has 0 fully saturated rings. The Morgan fingerprint density at radius 3 is 2.79 bits per heavy atom. The first-order valence-corrected chi connectivity index (χ1v) is 6.50. The summed E-state index contributed by atoms with van der Waals surface area (Å²) in [7, 11) is 0. The summed E-state index contributed by atoms with van der Waals surface area (Å²) in [5.74, 6) is -0.982. The van der Waals surface area contributed by atoms with Gasteiger partial charge in [0.05, 0.1) is 33.0 Å². The van der Waals surface area contributed by atoms with E-state index in [2.05, 4.69) is 15.5 Å². The zero-order valence-corrected chi connectivity index (χ0v) is 11.4. The molecule has 5 nitrogen and oxygen atoms in total. The summed E-state index contributed by atoms with van der Waals surface area (Å²) in [6, 6.07) is 6.66. The van der Waals surface area contributed by atoms with Crippen LogP contribution in [-0.2, 0) is 0 Å². The molecule has 19 heavy (non-hydrogen) atoms. The summed E-state index contributed by atoms with van der Waals surface area (Å²) in [6.45, 7) is 3.77. The van der Waals surface area contributed by atoms with Crippen molar-refractivity contribution >= 4 is 28.7 Å². The van der Waals surface area contributed by atoms with E-state index in [1.807, 2.05) is 13.8 Å². The second-order valence-corrected chi connectivity index (χ2v) is 4.78. The van der Waals surface area contributed by atoms with E-state index in [-0.39, 0.29) is 5.56 Å². The van der Waals surface area contributed by atoms with Gasteiger partial charge in [-0.1, -0.05) is 12.1 Å². The van der Waals surface area contributed by atoms with E-state index in [0.29, 0.717) is 5.69 Å². The Balaban J connectivity index is 2.23. The molecule has 0 saturated heterocycles. The molecule has 2 aromatic rings. The zero-order valence-electron chi connectivity index (χ0n) is 10.5. The third kappa shape index (κ3) is 2.97. The summed E-state index contributed by atoms with van der Waals surface area (Å²) in [6.07, 6.45) is 0. The minimum Gasteiger partial charge on any atom is -0.478 e. The number of aromatic nitrogens is 1. The number of nitrogens with zero attached hydrogens (tertiary/aromatic N) is 2. The van der Waals surface area contributed by atoms with Crippen LogP contribution in [0, 0.1) is 6.92 Å². The van der Waals surface area contributed by atoms with Crippen molar-refractivity contribution in [3.8, 4) is 0 Å². The Kier molecular flexibility index (Phi) is 3.91. The number of carboxylic acid groups (broad SMARTS) is 1. The van der Waals surface area contributed by atoms with Crippen molar-refractivity contribution in [2.45, 2.75) is 13.8 Å². The molecule has 0 aliphatic heterocycles. The largest absolute Gasteiger partial charge is 0.478 e. The zero-order chi connectivity index (χ0) is 13.8. The molecule has 0 aliphatic carbocycles. The fraction of sp³-hybridized carbons (Fsp3) is 0.154. The smallest absolute Gasteiger partial charge is 0.337 e. The molecule has 0 bridgehead atoms. The summed E-state index contributed by atoms with van der Waals surface area (Å²) in [5, 5.41) is 13.3. The molecule has 1 aromatic carbocycles. The maximum absolute atomic E-state index is 11.1. The van der Waals surface area contributed by atoms with Crippen LogP contribution in [0.5, 0.6) is 0 Å². The lowest BCUT2D eigenvalue weighted by Gasteiger charge is -2.05. The van der Waals surface area contributed by atoms with E-state index < -0.39 is 5.97 Å². The van der Waals surface area contributed by atoms with Gasteiger partial charge in [-0.3, -0.25) is 5.43 Å². The molecule has 0 amide bonds. The number of thiazole rings is 1. The van der Waals surface area contributed by atoms with Crippen molar-refractivity contribution in [2.24, 2.45) is 5.10 Å². The summed E-state index contributed by atoms with van der Waals surface area (Å²) in [5.41, 5.74) is 6.91. The summed E-state index contributed by atoms with van der Waals surface area (Å²) in [4.78, 5) is 16.2. The van der Waals surface area contributed by atoms with Crippen molar-refractivity contribution in [1.82, 2.24) is 4.98 Å². The van der Waals surface area contributed by atoms with Crippen molar-refractivity contribution in [1.29, 1.82) is 0 Å². The van der Waals surface area contributed by atoms with Gasteiger partial charge in [-0.2, -0.15) is 5.10 Å². The lowest BCUT2D eigenvalue weighted by Crippen LogP contribution is -2.04. The van der Waals surface area contributed by atoms with E-state index in [1.165, 1.54) is 17.4 Å². The van der Waals surface area contributed by atoms with Gasteiger partial charge in [-0.25, -0.2) is 9.78 Å². The predicted molar refractivity (Wildman–Crippen MR) is 76.1 cm³/mol. The Hall–Kier alpha value is -2.21. The van der Waals surface area contributed by atoms with Gasteiger partial charge in [-0.15, -0.1) is 11.3 Å². The van der Waals surface area contributed by atoms with Crippen molar-refractivity contribution in [2.75, 3.05) is 5.43 Å². The highest BCUT2D eigenvalue weighted by atomic mass is 32.1. The van der Waals surface area contributed by atoms with Gasteiger partial charge in [0.1, 0.15) is 0 Å². The van der Waals surface area contributed by atoms with Crippen LogP contribution in [0.2, 0.25) is 0 Å². The fourth-order valence-electron chi connectivity index (χ4n) is 1.61. The molecule has 2 N–H and O–H groups in total. The van der Waals surface area contributed by atoms with Crippen LogP contribution in [0.3, 0.4) is 0 Å². The Labute approximate surface area is 114 Å². The van der Waals surface area contributed by atoms with Crippen molar-refractivity contribution in [3.05, 3.63) is 45.9 Å². The topological polar surface area (TPSA) is 74.6 Å². The molecular weight excluding hydrogens is 262 g/mol. The highest BCUT2D eigenvalue weighted by Gasteiger charge is 2.09. The van der Waals surface area contributed by atoms with E-state index in [9.17, 15) is 4.79 Å². The van der Waals surface area contributed by atoms with E-state index in [1.54, 1.807) is 23.7 Å². The Morgan fingerprint density at radius 1 is 1.42 bits per heavy atom. The van der Waals surface area contributed by atoms with Crippen LogP contribution < -0.4 is 5.43 Å². The molecule has 0 atom stereocenters. The first kappa shape index (κ1) is 13.2. The molecule has 1 aromatic heterocycles. The molecule has 0 unspecified atom stereocenters. The highest BCUT2D eigenvalue weighted by molar-refractivity contribution is 7.12. The second-order valence-electron chi connectivity index (χ2n) is 3.93. The number of aromatic carboxylic acids is 1. The minimum absolute atomic E-state index is 0.195. The average molecular weight is 275 g/mol. The van der Waals surface area contributed by atoms with Gasteiger partial charge in [0.25, 0.3) is 0 Å². The fourth-order valence-corrected chi connectivity index (χ4v) is 2.37. The number of benzene rings is 1. The molecule has 0 radical (unpaired) electrons. The van der Waals surface area contributed by atoms with E-state index in [4.69, 9.17) is 5.11 Å². The van der Waals surface area contributed by atoms with E-state index >= 15 is 0 Å². The second kappa shape index (κ2) is 5.62. The quantitative estimate of drug-likeness (QED) is 0.664. The Morgan fingerprint density at radius 2 is 2.16 bits per heavy atom. The molecule has 0 aliphatic rings. The monoisotopic (exact) mass is 275 g/mol. The van der Waals surface area contributed by atoms with Crippen LogP contribution in [0.15, 0.2) is 34.9 Å². The molecule has 2 rings (SSSR count). The lowest BCUT2D eigenvalue weighted by molar-refractivity contribution is 0.0698. The normalized spacial score (nSPS) is 11.4. The maximum Gasteiger partial charge on any atom is 0.337 e. The third-order valence-corrected chi connectivity index (χ3v) is 3.61. The molecule has 0 spiro atoms. The number of hydrogen-bond acceptors (Lipinski definition) is 5. The number of para-hydroxylation sites is 1. The third-order valence-electron chi connectivity index (χ3n) is 2.58. The number of aryl methyl sites for hydroxylation is 1. The lowest BCUT2D eigenvalue weighted by atomic mass is 10.2. The van der Waals surface area contributed by atoms with Crippen LogP contribution >= 0.6 is 11.3 Å². The summed E-state index contributed by atoms with van der Waals surface area (Å²) >= 11 is 1.51. The molecule has 1 heterocycles. The van der Waals surface area contributed by atoms with Gasteiger partial charge in [0.15, 0.2) is 0 Å². The SMILES string of the molecule is C/C(=N/Nc1ccccc1C(=O)O)c1scnc1C. The van der Waals surface area contributed by atoms with Crippen molar-refractivity contribution < 1.29 is 9.90 Å². The van der Waals surface area contributed by atoms with Gasteiger partial charge in [0.2, 0.25) is 0 Å². The first-order chi connectivity index (χ1) is 9.09.